The second kappa shape index (κ2) is 18.3. The number of aliphatic hydroxyl groups is 1. The number of benzene rings is 1. The van der Waals surface area contributed by atoms with Gasteiger partial charge >= 0.3 is 0 Å². The summed E-state index contributed by atoms with van der Waals surface area (Å²) in [5.74, 6) is -0.575. The molecule has 0 spiro atoms. The van der Waals surface area contributed by atoms with Crippen molar-refractivity contribution >= 4 is 69.6 Å². The molecule has 5 aliphatic heterocycles. The number of aryl methyl sites for hydroxylation is 1. The lowest BCUT2D eigenvalue weighted by atomic mass is 9.92. The Labute approximate surface area is 403 Å². The molecule has 6 aliphatic rings. The van der Waals surface area contributed by atoms with E-state index in [4.69, 9.17) is 9.72 Å². The minimum absolute atomic E-state index is 0.0490. The highest BCUT2D eigenvalue weighted by Crippen LogP contribution is 2.41. The summed E-state index contributed by atoms with van der Waals surface area (Å²) in [6, 6.07) is 12.8. The summed E-state index contributed by atoms with van der Waals surface area (Å²) in [5, 5.41) is 16.4. The van der Waals surface area contributed by atoms with E-state index in [1.165, 1.54) is 22.4 Å². The standard InChI is InChI=1S/C51H54N10O7S/c1-29-27-58(31-14-18-57(19-15-31)32-7-9-37-38(24-32)50(66)61(49(37)65)41-10-12-44(63)56-47(41)64)21-22-59(29)33-8-11-43(53-26-33)55-40-23-30(25-54-48(40)68-2)34-13-17-52-46(39(34)28-62)60-20-16-36-35-5-3-4-6-42(35)69-45(36)51(60)67/h7-9,11,13,17,23-26,29,31,41,62H,3-6,10,12,14-16,18-22,27-28H2,1-2H3,(H,53,55)(H,56,63,64)/t29-,41-/m0/s1. The first kappa shape index (κ1) is 44.7. The van der Waals surface area contributed by atoms with Crippen LogP contribution in [-0.4, -0.2) is 124 Å². The number of methoxy groups -OCH3 is 1. The van der Waals surface area contributed by atoms with E-state index in [1.54, 1.807) is 47.9 Å². The second-order valence-corrected chi connectivity index (χ2v) is 19.9. The molecule has 3 N–H and O–H groups in total. The molecule has 0 bridgehead atoms. The first-order chi connectivity index (χ1) is 33.6. The number of thiophene rings is 1. The molecule has 3 saturated heterocycles. The van der Waals surface area contributed by atoms with Gasteiger partial charge in [-0.05, 0) is 117 Å². The molecule has 5 aromatic rings. The lowest BCUT2D eigenvalue weighted by Crippen LogP contribution is -2.57. The minimum Gasteiger partial charge on any atom is -0.480 e. The summed E-state index contributed by atoms with van der Waals surface area (Å²) in [5.41, 5.74) is 7.70. The van der Waals surface area contributed by atoms with Gasteiger partial charge in [0.15, 0.2) is 0 Å². The van der Waals surface area contributed by atoms with E-state index in [0.29, 0.717) is 46.9 Å². The molecule has 1 aliphatic carbocycles. The summed E-state index contributed by atoms with van der Waals surface area (Å²) < 4.78 is 5.66. The van der Waals surface area contributed by atoms with E-state index in [1.807, 2.05) is 30.5 Å². The minimum atomic E-state index is -0.986. The first-order valence-electron chi connectivity index (χ1n) is 24.0. The van der Waals surface area contributed by atoms with Crippen molar-refractivity contribution in [1.29, 1.82) is 0 Å². The molecule has 0 radical (unpaired) electrons. The number of fused-ring (bicyclic) bond motifs is 4. The number of hydrogen-bond donors (Lipinski definition) is 3. The molecule has 356 valence electrons. The number of aromatic nitrogens is 3. The number of aliphatic hydroxyl groups excluding tert-OH is 1. The average Bonchev–Trinajstić information content (AvgIpc) is 3.88. The van der Waals surface area contributed by atoms with Crippen molar-refractivity contribution in [3.63, 3.8) is 0 Å². The highest BCUT2D eigenvalue weighted by Gasteiger charge is 2.45. The molecular weight excluding hydrogens is 897 g/mol. The van der Waals surface area contributed by atoms with Crippen LogP contribution in [0.5, 0.6) is 5.88 Å². The molecule has 0 unspecified atom stereocenters. The van der Waals surface area contributed by atoms with Crippen LogP contribution in [-0.2, 0) is 35.5 Å². The molecule has 18 heteroatoms. The fraction of sp³-hybridized carbons (Fsp3) is 0.412. The molecule has 69 heavy (non-hydrogen) atoms. The van der Waals surface area contributed by atoms with Crippen molar-refractivity contribution in [1.82, 2.24) is 30.1 Å². The van der Waals surface area contributed by atoms with Crippen LogP contribution in [0.15, 0.2) is 61.1 Å². The van der Waals surface area contributed by atoms with Gasteiger partial charge in [-0.2, -0.15) is 0 Å². The van der Waals surface area contributed by atoms with E-state index < -0.39 is 29.7 Å². The lowest BCUT2D eigenvalue weighted by Gasteiger charge is -2.46. The number of imide groups is 2. The number of carbonyl (C=O) groups is 5. The molecule has 11 rings (SSSR count). The number of nitrogens with one attached hydrogen (secondary N) is 2. The maximum atomic E-state index is 14.0. The zero-order chi connectivity index (χ0) is 47.5. The molecule has 17 nitrogen and oxygen atoms in total. The Morgan fingerprint density at radius 2 is 1.61 bits per heavy atom. The Morgan fingerprint density at radius 1 is 0.797 bits per heavy atom. The van der Waals surface area contributed by atoms with Crippen LogP contribution in [0.25, 0.3) is 11.1 Å². The van der Waals surface area contributed by atoms with Crippen LogP contribution in [0.1, 0.15) is 97.4 Å². The monoisotopic (exact) mass is 950 g/mol. The summed E-state index contributed by atoms with van der Waals surface area (Å²) in [6.45, 7) is 6.73. The van der Waals surface area contributed by atoms with Crippen LogP contribution in [0.4, 0.5) is 28.7 Å². The third-order valence-corrected chi connectivity index (χ3v) is 16.2. The number of pyridine rings is 3. The van der Waals surface area contributed by atoms with Gasteiger partial charge in [0.2, 0.25) is 17.7 Å². The van der Waals surface area contributed by atoms with E-state index in [-0.39, 0.29) is 37.0 Å². The number of anilines is 5. The molecule has 5 amide bonds. The number of ether oxygens (including phenoxy) is 1. The maximum Gasteiger partial charge on any atom is 0.269 e. The number of piperazine rings is 1. The van der Waals surface area contributed by atoms with E-state index in [2.05, 4.69) is 48.3 Å². The topological polar surface area (TPSA) is 194 Å². The number of rotatable bonds is 10. The molecular formula is C51H54N10O7S. The largest absolute Gasteiger partial charge is 0.480 e. The van der Waals surface area contributed by atoms with Crippen LogP contribution < -0.4 is 30.1 Å². The van der Waals surface area contributed by atoms with Crippen molar-refractivity contribution in [2.75, 3.05) is 66.4 Å². The Bertz CT molecular complexity index is 2900. The van der Waals surface area contributed by atoms with E-state index >= 15 is 0 Å². The Balaban J connectivity index is 0.717. The van der Waals surface area contributed by atoms with Gasteiger partial charge in [0.25, 0.3) is 17.7 Å². The SMILES string of the molecule is COc1ncc(-c2ccnc(N3CCc4c(sc5c4CCCC5)C3=O)c2CO)cc1Nc1ccc(N2CCN(C3CCN(c4ccc5c(c4)C(=O)N([C@H]4CCC(=O)NC4=O)C5=O)CC3)C[C@@H]2C)cn1. The van der Waals surface area contributed by atoms with E-state index in [0.717, 1.165) is 104 Å². The molecule has 1 aromatic carbocycles. The van der Waals surface area contributed by atoms with Gasteiger partial charge in [-0.1, -0.05) is 0 Å². The smallest absolute Gasteiger partial charge is 0.269 e. The Morgan fingerprint density at radius 3 is 2.38 bits per heavy atom. The Hall–Kier alpha value is -6.76. The predicted molar refractivity (Wildman–Crippen MR) is 261 cm³/mol. The Kier molecular flexibility index (Phi) is 11.9. The van der Waals surface area contributed by atoms with Crippen LogP contribution in [0.3, 0.4) is 0 Å². The van der Waals surface area contributed by atoms with Crippen molar-refractivity contribution < 1.29 is 33.8 Å². The zero-order valence-corrected chi connectivity index (χ0v) is 39.5. The third kappa shape index (κ3) is 8.07. The van der Waals surface area contributed by atoms with Gasteiger partial charge in [-0.15, -0.1) is 11.3 Å². The van der Waals surface area contributed by atoms with Gasteiger partial charge in [-0.25, -0.2) is 15.0 Å². The summed E-state index contributed by atoms with van der Waals surface area (Å²) in [4.78, 5) is 91.1. The lowest BCUT2D eigenvalue weighted by molar-refractivity contribution is -0.136. The van der Waals surface area contributed by atoms with Gasteiger partial charge in [0.05, 0.1) is 41.6 Å². The molecule has 3 fully saturated rings. The van der Waals surface area contributed by atoms with E-state index in [9.17, 15) is 29.1 Å². The quantitative estimate of drug-likeness (QED) is 0.149. The molecule has 9 heterocycles. The first-order valence-corrected chi connectivity index (χ1v) is 24.8. The van der Waals surface area contributed by atoms with Crippen LogP contribution in [0.2, 0.25) is 0 Å². The normalized spacial score (nSPS) is 21.1. The predicted octanol–water partition coefficient (Wildman–Crippen LogP) is 5.51. The van der Waals surface area contributed by atoms with Gasteiger partial charge in [0.1, 0.15) is 23.4 Å². The molecule has 2 atom stereocenters. The number of piperidine rings is 2. The fourth-order valence-corrected chi connectivity index (χ4v) is 12.7. The van der Waals surface area contributed by atoms with Gasteiger partial charge in [-0.3, -0.25) is 44.0 Å². The number of carbonyl (C=O) groups excluding carboxylic acids is 5. The third-order valence-electron chi connectivity index (χ3n) is 14.9. The highest BCUT2D eigenvalue weighted by molar-refractivity contribution is 7.14. The van der Waals surface area contributed by atoms with Crippen LogP contribution >= 0.6 is 11.3 Å². The van der Waals surface area contributed by atoms with Gasteiger partial charge < -0.3 is 25.0 Å². The number of amides is 5. The summed E-state index contributed by atoms with van der Waals surface area (Å²) in [6.07, 6.45) is 12.6. The maximum absolute atomic E-state index is 14.0. The van der Waals surface area contributed by atoms with Crippen molar-refractivity contribution in [2.45, 2.75) is 89.4 Å². The average molecular weight is 951 g/mol. The number of nitrogens with zero attached hydrogens (tertiary/aromatic N) is 8. The van der Waals surface area contributed by atoms with Crippen LogP contribution in [0, 0.1) is 0 Å². The number of hydrogen-bond acceptors (Lipinski definition) is 15. The molecule has 0 saturated carbocycles. The molecule has 4 aromatic heterocycles. The van der Waals surface area contributed by atoms with Crippen molar-refractivity contribution in [3.05, 3.63) is 98.6 Å². The fourth-order valence-electron chi connectivity index (χ4n) is 11.3. The zero-order valence-electron chi connectivity index (χ0n) is 38.7. The summed E-state index contributed by atoms with van der Waals surface area (Å²) >= 11 is 1.63. The van der Waals surface area contributed by atoms with Crippen molar-refractivity contribution in [3.8, 4) is 17.0 Å². The summed E-state index contributed by atoms with van der Waals surface area (Å²) in [7, 11) is 1.57. The van der Waals surface area contributed by atoms with Crippen molar-refractivity contribution in [2.24, 2.45) is 0 Å². The second-order valence-electron chi connectivity index (χ2n) is 18.8. The highest BCUT2D eigenvalue weighted by atomic mass is 32.1. The van der Waals surface area contributed by atoms with Gasteiger partial charge in [0, 0.05) is 91.9 Å².